The second-order valence-corrected chi connectivity index (χ2v) is 5.57. The molecule has 0 radical (unpaired) electrons. The molecule has 4 heteroatoms. The molecular weight excluding hydrogens is 160 g/mol. The van der Waals surface area contributed by atoms with Crippen molar-refractivity contribution in [2.75, 3.05) is 12.3 Å². The van der Waals surface area contributed by atoms with Crippen molar-refractivity contribution in [2.24, 2.45) is 11.8 Å². The van der Waals surface area contributed by atoms with Gasteiger partial charge in [-0.15, -0.1) is 0 Å². The summed E-state index contributed by atoms with van der Waals surface area (Å²) in [5.41, 5.74) is 0. The van der Waals surface area contributed by atoms with Gasteiger partial charge in [-0.3, -0.25) is 0 Å². The summed E-state index contributed by atoms with van der Waals surface area (Å²) in [4.78, 5) is 0. The molecule has 1 heterocycles. The molecule has 2 atom stereocenters. The van der Waals surface area contributed by atoms with Crippen LogP contribution in [0.5, 0.6) is 0 Å². The predicted octanol–water partition coefficient (Wildman–Crippen LogP) is 1.21. The van der Waals surface area contributed by atoms with Crippen molar-refractivity contribution in [3.05, 3.63) is 0 Å². The van der Waals surface area contributed by atoms with Gasteiger partial charge in [0.2, 0.25) is 0 Å². The van der Waals surface area contributed by atoms with Crippen LogP contribution >= 0.6 is 0 Å². The topological polar surface area (TPSA) is 53.0 Å². The van der Waals surface area contributed by atoms with Gasteiger partial charge in [0.1, 0.15) is 9.92 Å². The fourth-order valence-corrected chi connectivity index (χ4v) is 2.56. The van der Waals surface area contributed by atoms with Gasteiger partial charge < -0.3 is 0 Å². The van der Waals surface area contributed by atoms with E-state index >= 15 is 0 Å². The average Bonchev–Trinajstić information content (AvgIpc) is 1.86. The Hall–Kier alpha value is -0.0900. The van der Waals surface area contributed by atoms with E-state index in [4.69, 9.17) is 4.78 Å². The minimum Gasteiger partial charge on any atom is -0.240 e. The van der Waals surface area contributed by atoms with Gasteiger partial charge in [-0.05, 0) is 18.3 Å². The van der Waals surface area contributed by atoms with E-state index in [0.29, 0.717) is 17.6 Å². The van der Waals surface area contributed by atoms with Crippen molar-refractivity contribution in [1.82, 2.24) is 4.72 Å². The van der Waals surface area contributed by atoms with E-state index in [1.165, 1.54) is 0 Å². The quantitative estimate of drug-likeness (QED) is 0.620. The summed E-state index contributed by atoms with van der Waals surface area (Å²) >= 11 is 0. The SMILES string of the molecule is CC(C)C1CCS(=N)(=O)NC1. The van der Waals surface area contributed by atoms with E-state index in [1.54, 1.807) is 0 Å². The van der Waals surface area contributed by atoms with E-state index in [1.807, 2.05) is 0 Å². The molecule has 0 aromatic heterocycles. The average molecular weight is 176 g/mol. The summed E-state index contributed by atoms with van der Waals surface area (Å²) in [5.74, 6) is 1.77. The maximum atomic E-state index is 11.1. The van der Waals surface area contributed by atoms with E-state index in [9.17, 15) is 4.21 Å². The second-order valence-electron chi connectivity index (χ2n) is 3.52. The number of rotatable bonds is 1. The van der Waals surface area contributed by atoms with Crippen LogP contribution in [0, 0.1) is 16.6 Å². The molecule has 1 rings (SSSR count). The minimum absolute atomic E-state index is 0.524. The van der Waals surface area contributed by atoms with Crippen molar-refractivity contribution in [3.8, 4) is 0 Å². The Morgan fingerprint density at radius 2 is 2.27 bits per heavy atom. The Kier molecular flexibility index (Phi) is 2.54. The van der Waals surface area contributed by atoms with Gasteiger partial charge in [0.05, 0.1) is 0 Å². The minimum atomic E-state index is -2.40. The zero-order valence-electron chi connectivity index (χ0n) is 7.09. The van der Waals surface area contributed by atoms with Gasteiger partial charge in [0.15, 0.2) is 0 Å². The monoisotopic (exact) mass is 176 g/mol. The van der Waals surface area contributed by atoms with Crippen molar-refractivity contribution < 1.29 is 4.21 Å². The zero-order valence-corrected chi connectivity index (χ0v) is 7.91. The van der Waals surface area contributed by atoms with Crippen LogP contribution in [0.3, 0.4) is 0 Å². The highest BCUT2D eigenvalue weighted by Gasteiger charge is 2.22. The van der Waals surface area contributed by atoms with Gasteiger partial charge in [0, 0.05) is 12.3 Å². The first-order valence-electron chi connectivity index (χ1n) is 4.02. The molecule has 11 heavy (non-hydrogen) atoms. The third-order valence-electron chi connectivity index (χ3n) is 2.30. The highest BCUT2D eigenvalue weighted by Crippen LogP contribution is 2.18. The van der Waals surface area contributed by atoms with Crippen LogP contribution in [0.1, 0.15) is 20.3 Å². The lowest BCUT2D eigenvalue weighted by atomic mass is 9.93. The van der Waals surface area contributed by atoms with Crippen LogP contribution < -0.4 is 4.72 Å². The summed E-state index contributed by atoms with van der Waals surface area (Å²) in [6.45, 7) is 5.09. The molecule has 0 aliphatic carbocycles. The summed E-state index contributed by atoms with van der Waals surface area (Å²) in [5, 5.41) is 0. The Labute approximate surface area is 68.7 Å². The summed E-state index contributed by atoms with van der Waals surface area (Å²) in [6.07, 6.45) is 0.938. The highest BCUT2D eigenvalue weighted by atomic mass is 32.2. The van der Waals surface area contributed by atoms with E-state index in [2.05, 4.69) is 18.6 Å². The summed E-state index contributed by atoms with van der Waals surface area (Å²) < 4.78 is 21.2. The van der Waals surface area contributed by atoms with Crippen molar-refractivity contribution in [1.29, 1.82) is 4.78 Å². The van der Waals surface area contributed by atoms with Crippen molar-refractivity contribution in [3.63, 3.8) is 0 Å². The molecule has 1 saturated heterocycles. The molecule has 0 amide bonds. The smallest absolute Gasteiger partial charge is 0.105 e. The Balaban J connectivity index is 2.49. The summed E-state index contributed by atoms with van der Waals surface area (Å²) in [6, 6.07) is 0. The first-order chi connectivity index (χ1) is 5.01. The molecule has 66 valence electrons. The van der Waals surface area contributed by atoms with Crippen LogP contribution in [0.25, 0.3) is 0 Å². The van der Waals surface area contributed by atoms with E-state index < -0.39 is 9.92 Å². The number of nitrogens with one attached hydrogen (secondary N) is 2. The summed E-state index contributed by atoms with van der Waals surface area (Å²) in [7, 11) is -2.40. The van der Waals surface area contributed by atoms with Gasteiger partial charge >= 0.3 is 0 Å². The van der Waals surface area contributed by atoms with E-state index in [0.717, 1.165) is 13.0 Å². The molecule has 0 spiro atoms. The first-order valence-corrected chi connectivity index (χ1v) is 5.75. The normalized spacial score (nSPS) is 39.4. The molecule has 3 nitrogen and oxygen atoms in total. The first kappa shape index (κ1) is 9.00. The molecule has 0 aromatic carbocycles. The molecule has 0 aromatic rings. The van der Waals surface area contributed by atoms with Gasteiger partial charge in [-0.2, -0.15) is 0 Å². The molecule has 2 N–H and O–H groups in total. The number of hydrogen-bond donors (Lipinski definition) is 2. The van der Waals surface area contributed by atoms with Gasteiger partial charge in [-0.25, -0.2) is 13.7 Å². The molecule has 1 aliphatic rings. The largest absolute Gasteiger partial charge is 0.240 e. The number of hydrogen-bond acceptors (Lipinski definition) is 2. The molecule has 1 aliphatic heterocycles. The lowest BCUT2D eigenvalue weighted by Gasteiger charge is -2.27. The zero-order chi connectivity index (χ0) is 8.48. The standard InChI is InChI=1S/C7H16N2OS/c1-6(2)7-3-4-11(8,10)9-5-7/h6-7H,3-5H2,1-2H3,(H2,8,9,10). The van der Waals surface area contributed by atoms with Crippen LogP contribution in [-0.2, 0) is 9.92 Å². The van der Waals surface area contributed by atoms with Gasteiger partial charge in [0.25, 0.3) is 0 Å². The Bertz CT molecular complexity index is 207. The third kappa shape index (κ3) is 2.45. The van der Waals surface area contributed by atoms with Crippen LogP contribution in [0.2, 0.25) is 0 Å². The Morgan fingerprint density at radius 3 is 2.64 bits per heavy atom. The molecule has 0 bridgehead atoms. The maximum absolute atomic E-state index is 11.1. The fourth-order valence-electron chi connectivity index (χ4n) is 1.30. The van der Waals surface area contributed by atoms with E-state index in [-0.39, 0.29) is 0 Å². The third-order valence-corrected chi connectivity index (χ3v) is 3.74. The lowest BCUT2D eigenvalue weighted by molar-refractivity contribution is 0.362. The lowest BCUT2D eigenvalue weighted by Crippen LogP contribution is -2.38. The molecule has 0 saturated carbocycles. The molecule has 1 fully saturated rings. The highest BCUT2D eigenvalue weighted by molar-refractivity contribution is 7.90. The van der Waals surface area contributed by atoms with Crippen LogP contribution in [0.4, 0.5) is 0 Å². The van der Waals surface area contributed by atoms with Crippen molar-refractivity contribution >= 4 is 9.92 Å². The van der Waals surface area contributed by atoms with Crippen LogP contribution in [0.15, 0.2) is 0 Å². The predicted molar refractivity (Wildman–Crippen MR) is 46.7 cm³/mol. The maximum Gasteiger partial charge on any atom is 0.105 e. The second kappa shape index (κ2) is 3.11. The van der Waals surface area contributed by atoms with Crippen LogP contribution in [-0.4, -0.2) is 16.5 Å². The molecular formula is C7H16N2OS. The molecule has 2 unspecified atom stereocenters. The Morgan fingerprint density at radius 1 is 1.64 bits per heavy atom. The van der Waals surface area contributed by atoms with Gasteiger partial charge in [-0.1, -0.05) is 13.8 Å². The van der Waals surface area contributed by atoms with Crippen molar-refractivity contribution in [2.45, 2.75) is 20.3 Å². The fraction of sp³-hybridized carbons (Fsp3) is 1.00.